The standard InChI is InChI=1S/C16H13N3S/c1-9-7-8-20-16(9)15-12-6-4-3-5-11(12)14-13(17-15)10(2)18-19-14/h3-8H,1-2H3,(H,18,19). The van der Waals surface area contributed by atoms with Gasteiger partial charge in [0.15, 0.2) is 0 Å². The fraction of sp³-hybridized carbons (Fsp3) is 0.125. The molecule has 3 heterocycles. The molecule has 20 heavy (non-hydrogen) atoms. The summed E-state index contributed by atoms with van der Waals surface area (Å²) in [5.74, 6) is 0. The van der Waals surface area contributed by atoms with Crippen LogP contribution in [0.1, 0.15) is 11.3 Å². The summed E-state index contributed by atoms with van der Waals surface area (Å²) in [5.41, 5.74) is 5.27. The van der Waals surface area contributed by atoms with Gasteiger partial charge in [0.1, 0.15) is 5.52 Å². The third-order valence-corrected chi connectivity index (χ3v) is 4.69. The summed E-state index contributed by atoms with van der Waals surface area (Å²) in [6.07, 6.45) is 0. The predicted octanol–water partition coefficient (Wildman–Crippen LogP) is 4.46. The van der Waals surface area contributed by atoms with Crippen LogP contribution in [0.25, 0.3) is 32.4 Å². The Hall–Kier alpha value is -2.20. The lowest BCUT2D eigenvalue weighted by molar-refractivity contribution is 1.07. The molecule has 0 spiro atoms. The van der Waals surface area contributed by atoms with E-state index in [1.807, 2.05) is 6.92 Å². The number of benzene rings is 1. The monoisotopic (exact) mass is 279 g/mol. The largest absolute Gasteiger partial charge is 0.275 e. The minimum atomic E-state index is 0.946. The van der Waals surface area contributed by atoms with E-state index in [2.05, 4.69) is 52.8 Å². The first-order valence-electron chi connectivity index (χ1n) is 6.53. The van der Waals surface area contributed by atoms with E-state index >= 15 is 0 Å². The molecule has 98 valence electrons. The molecule has 0 bridgehead atoms. The number of nitrogens with one attached hydrogen (secondary N) is 1. The molecule has 1 N–H and O–H groups in total. The van der Waals surface area contributed by atoms with E-state index in [1.54, 1.807) is 11.3 Å². The topological polar surface area (TPSA) is 41.6 Å². The molecular weight excluding hydrogens is 266 g/mol. The quantitative estimate of drug-likeness (QED) is 0.559. The first kappa shape index (κ1) is 11.6. The van der Waals surface area contributed by atoms with E-state index in [0.717, 1.165) is 22.4 Å². The van der Waals surface area contributed by atoms with E-state index in [1.165, 1.54) is 21.2 Å². The maximum atomic E-state index is 4.88. The van der Waals surface area contributed by atoms with Crippen molar-refractivity contribution in [2.45, 2.75) is 13.8 Å². The molecular formula is C16H13N3S. The molecule has 0 unspecified atom stereocenters. The summed E-state index contributed by atoms with van der Waals surface area (Å²) in [7, 11) is 0. The Kier molecular flexibility index (Phi) is 2.41. The number of aromatic nitrogens is 3. The summed E-state index contributed by atoms with van der Waals surface area (Å²) in [6.45, 7) is 4.13. The maximum Gasteiger partial charge on any atom is 0.112 e. The maximum absolute atomic E-state index is 4.88. The van der Waals surface area contributed by atoms with Crippen molar-refractivity contribution in [1.29, 1.82) is 0 Å². The van der Waals surface area contributed by atoms with Gasteiger partial charge in [0.25, 0.3) is 0 Å². The highest BCUT2D eigenvalue weighted by atomic mass is 32.1. The van der Waals surface area contributed by atoms with Crippen molar-refractivity contribution in [1.82, 2.24) is 15.2 Å². The molecule has 0 amide bonds. The number of thiophene rings is 1. The first-order chi connectivity index (χ1) is 9.75. The number of rotatable bonds is 1. The van der Waals surface area contributed by atoms with Crippen LogP contribution in [-0.2, 0) is 0 Å². The molecule has 0 saturated carbocycles. The molecule has 0 atom stereocenters. The minimum Gasteiger partial charge on any atom is -0.275 e. The molecule has 3 nitrogen and oxygen atoms in total. The van der Waals surface area contributed by atoms with E-state index in [0.29, 0.717) is 0 Å². The Morgan fingerprint density at radius 1 is 1.05 bits per heavy atom. The first-order valence-corrected chi connectivity index (χ1v) is 7.41. The number of pyridine rings is 1. The third-order valence-electron chi connectivity index (χ3n) is 3.67. The molecule has 4 rings (SSSR count). The molecule has 1 aromatic carbocycles. The lowest BCUT2D eigenvalue weighted by Crippen LogP contribution is -1.88. The number of H-pyrrole nitrogens is 1. The van der Waals surface area contributed by atoms with Crippen LogP contribution in [0.2, 0.25) is 0 Å². The van der Waals surface area contributed by atoms with Crippen LogP contribution in [0.3, 0.4) is 0 Å². The normalized spacial score (nSPS) is 11.5. The lowest BCUT2D eigenvalue weighted by atomic mass is 10.1. The second kappa shape index (κ2) is 4.15. The SMILES string of the molecule is Cc1ccsc1-c1nc2c(C)n[nH]c2c2ccccc12. The molecule has 0 aliphatic carbocycles. The van der Waals surface area contributed by atoms with Crippen molar-refractivity contribution in [2.75, 3.05) is 0 Å². The third kappa shape index (κ3) is 1.51. The highest BCUT2D eigenvalue weighted by Gasteiger charge is 2.15. The van der Waals surface area contributed by atoms with E-state index in [4.69, 9.17) is 4.98 Å². The van der Waals surface area contributed by atoms with Gasteiger partial charge in [-0.05, 0) is 30.9 Å². The van der Waals surface area contributed by atoms with E-state index in [9.17, 15) is 0 Å². The van der Waals surface area contributed by atoms with Crippen LogP contribution >= 0.6 is 11.3 Å². The van der Waals surface area contributed by atoms with Crippen LogP contribution < -0.4 is 0 Å². The second-order valence-electron chi connectivity index (χ2n) is 4.97. The molecule has 0 aliphatic rings. The Labute approximate surface area is 120 Å². The van der Waals surface area contributed by atoms with Crippen LogP contribution in [0.15, 0.2) is 35.7 Å². The number of fused-ring (bicyclic) bond motifs is 3. The average molecular weight is 279 g/mol. The zero-order chi connectivity index (χ0) is 13.7. The number of aryl methyl sites for hydroxylation is 2. The van der Waals surface area contributed by atoms with Crippen molar-refractivity contribution in [3.8, 4) is 10.6 Å². The molecule has 0 saturated heterocycles. The molecule has 0 fully saturated rings. The Balaban J connectivity index is 2.23. The van der Waals surface area contributed by atoms with Gasteiger partial charge in [0, 0.05) is 10.8 Å². The van der Waals surface area contributed by atoms with Crippen LogP contribution in [0.5, 0.6) is 0 Å². The summed E-state index contributed by atoms with van der Waals surface area (Å²) in [4.78, 5) is 6.12. The van der Waals surface area contributed by atoms with Crippen molar-refractivity contribution >= 4 is 33.1 Å². The van der Waals surface area contributed by atoms with Crippen molar-refractivity contribution in [2.24, 2.45) is 0 Å². The lowest BCUT2D eigenvalue weighted by Gasteiger charge is -2.06. The summed E-state index contributed by atoms with van der Waals surface area (Å²) in [6, 6.07) is 10.5. The fourth-order valence-electron chi connectivity index (χ4n) is 2.62. The van der Waals surface area contributed by atoms with Gasteiger partial charge < -0.3 is 0 Å². The van der Waals surface area contributed by atoms with Crippen molar-refractivity contribution in [3.05, 3.63) is 47.0 Å². The van der Waals surface area contributed by atoms with Gasteiger partial charge in [-0.2, -0.15) is 5.10 Å². The average Bonchev–Trinajstić information content (AvgIpc) is 3.05. The molecule has 0 aliphatic heterocycles. The van der Waals surface area contributed by atoms with Crippen LogP contribution in [0, 0.1) is 13.8 Å². The predicted molar refractivity (Wildman–Crippen MR) is 84.2 cm³/mol. The number of hydrogen-bond acceptors (Lipinski definition) is 3. The van der Waals surface area contributed by atoms with Gasteiger partial charge in [0.05, 0.1) is 21.8 Å². The number of hydrogen-bond donors (Lipinski definition) is 1. The smallest absolute Gasteiger partial charge is 0.112 e. The van der Waals surface area contributed by atoms with Crippen LogP contribution in [-0.4, -0.2) is 15.2 Å². The van der Waals surface area contributed by atoms with Gasteiger partial charge in [0.2, 0.25) is 0 Å². The minimum absolute atomic E-state index is 0.946. The van der Waals surface area contributed by atoms with Gasteiger partial charge in [-0.3, -0.25) is 5.10 Å². The van der Waals surface area contributed by atoms with Gasteiger partial charge in [-0.15, -0.1) is 11.3 Å². The van der Waals surface area contributed by atoms with E-state index < -0.39 is 0 Å². The summed E-state index contributed by atoms with van der Waals surface area (Å²) < 4.78 is 0. The highest BCUT2D eigenvalue weighted by Crippen LogP contribution is 2.36. The van der Waals surface area contributed by atoms with E-state index in [-0.39, 0.29) is 0 Å². The van der Waals surface area contributed by atoms with Gasteiger partial charge >= 0.3 is 0 Å². The zero-order valence-corrected chi connectivity index (χ0v) is 12.1. The highest BCUT2D eigenvalue weighted by molar-refractivity contribution is 7.13. The fourth-order valence-corrected chi connectivity index (χ4v) is 3.55. The van der Waals surface area contributed by atoms with Crippen molar-refractivity contribution < 1.29 is 0 Å². The van der Waals surface area contributed by atoms with Crippen LogP contribution in [0.4, 0.5) is 0 Å². The number of nitrogens with zero attached hydrogens (tertiary/aromatic N) is 2. The Morgan fingerprint density at radius 2 is 1.85 bits per heavy atom. The molecule has 3 aromatic heterocycles. The Morgan fingerprint density at radius 3 is 2.60 bits per heavy atom. The summed E-state index contributed by atoms with van der Waals surface area (Å²) in [5, 5.41) is 11.9. The van der Waals surface area contributed by atoms with Gasteiger partial charge in [-0.25, -0.2) is 4.98 Å². The Bertz CT molecular complexity index is 933. The molecule has 0 radical (unpaired) electrons. The molecule has 4 heteroatoms. The molecule has 4 aromatic rings. The number of aromatic amines is 1. The zero-order valence-electron chi connectivity index (χ0n) is 11.3. The van der Waals surface area contributed by atoms with Gasteiger partial charge in [-0.1, -0.05) is 24.3 Å². The second-order valence-corrected chi connectivity index (χ2v) is 5.89. The summed E-state index contributed by atoms with van der Waals surface area (Å²) >= 11 is 1.74. The van der Waals surface area contributed by atoms with Crippen molar-refractivity contribution in [3.63, 3.8) is 0 Å².